The Hall–Kier alpha value is -2.00. The van der Waals surface area contributed by atoms with Crippen LogP contribution in [0.2, 0.25) is 0 Å². The standard InChI is InChI=1S/C25H38N6O3/c1-24(2,3)21(31-13-19(27-28-31)16-4-5-16)23(34)29-12-18(32)8-20(29)22(33)26-14-25-9-15(10-25)11-30(25)17-6-7-17/h13,15-18,20-21,32H,4-12,14H2,1-3H3,(H,26,33)/t15?,18-,20+,21-,25?/m1/s1. The minimum atomic E-state index is -0.696. The molecule has 34 heavy (non-hydrogen) atoms. The van der Waals surface area contributed by atoms with Crippen molar-refractivity contribution in [2.75, 3.05) is 19.6 Å². The fourth-order valence-corrected chi connectivity index (χ4v) is 6.71. The van der Waals surface area contributed by atoms with Gasteiger partial charge in [-0.2, -0.15) is 0 Å². The molecule has 2 bridgehead atoms. The van der Waals surface area contributed by atoms with Gasteiger partial charge in [-0.15, -0.1) is 5.10 Å². The fraction of sp³-hybridized carbons (Fsp3) is 0.840. The predicted molar refractivity (Wildman–Crippen MR) is 125 cm³/mol. The molecule has 9 heteroatoms. The lowest BCUT2D eigenvalue weighted by atomic mass is 9.73. The zero-order chi connectivity index (χ0) is 23.8. The van der Waals surface area contributed by atoms with Crippen molar-refractivity contribution in [3.8, 4) is 0 Å². The number of likely N-dealkylation sites (tertiary alicyclic amines) is 1. The minimum absolute atomic E-state index is 0.113. The fourth-order valence-electron chi connectivity index (χ4n) is 6.71. The summed E-state index contributed by atoms with van der Waals surface area (Å²) in [6.45, 7) is 8.01. The monoisotopic (exact) mass is 470 g/mol. The summed E-state index contributed by atoms with van der Waals surface area (Å²) in [7, 11) is 0. The van der Waals surface area contributed by atoms with E-state index in [0.717, 1.165) is 24.5 Å². The number of hydrogen-bond donors (Lipinski definition) is 2. The minimum Gasteiger partial charge on any atom is -0.391 e. The molecule has 1 aromatic heterocycles. The number of aliphatic hydroxyl groups excluding tert-OH is 1. The maximum absolute atomic E-state index is 13.9. The molecule has 1 aromatic rings. The Morgan fingerprint density at radius 1 is 1.21 bits per heavy atom. The molecule has 9 nitrogen and oxygen atoms in total. The van der Waals surface area contributed by atoms with Crippen LogP contribution >= 0.6 is 0 Å². The summed E-state index contributed by atoms with van der Waals surface area (Å²) in [5.74, 6) is 0.918. The first-order valence-corrected chi connectivity index (χ1v) is 13.1. The molecule has 3 saturated heterocycles. The number of aromatic nitrogens is 3. The zero-order valence-electron chi connectivity index (χ0n) is 20.6. The number of β-amino-alcohol motifs (C(OH)–C–C–N with tert-alkyl or cyclic N) is 1. The first-order chi connectivity index (χ1) is 16.1. The van der Waals surface area contributed by atoms with Crippen LogP contribution in [0.25, 0.3) is 0 Å². The molecule has 6 fully saturated rings. The summed E-state index contributed by atoms with van der Waals surface area (Å²) in [5, 5.41) is 22.3. The van der Waals surface area contributed by atoms with Crippen molar-refractivity contribution in [1.29, 1.82) is 0 Å². The van der Waals surface area contributed by atoms with Crippen LogP contribution in [-0.4, -0.2) is 85.1 Å². The molecule has 4 heterocycles. The lowest BCUT2D eigenvalue weighted by molar-refractivity contribution is -0.144. The molecule has 0 unspecified atom stereocenters. The average molecular weight is 471 g/mol. The first-order valence-electron chi connectivity index (χ1n) is 13.1. The predicted octanol–water partition coefficient (Wildman–Crippen LogP) is 1.45. The number of carbonyl (C=O) groups excluding carboxylic acids is 2. The maximum Gasteiger partial charge on any atom is 0.248 e. The van der Waals surface area contributed by atoms with Gasteiger partial charge in [0.25, 0.3) is 0 Å². The number of nitrogens with one attached hydrogen (secondary N) is 1. The van der Waals surface area contributed by atoms with Crippen LogP contribution in [0.4, 0.5) is 0 Å². The van der Waals surface area contributed by atoms with Gasteiger partial charge < -0.3 is 15.3 Å². The van der Waals surface area contributed by atoms with Crippen LogP contribution < -0.4 is 5.32 Å². The SMILES string of the molecule is CC(C)(C)[C@@H](C(=O)N1C[C@H](O)C[C@H]1C(=O)NCC12CC(CN1C1CC1)C2)n1cc(C2CC2)nn1. The van der Waals surface area contributed by atoms with Crippen molar-refractivity contribution < 1.29 is 14.7 Å². The van der Waals surface area contributed by atoms with Gasteiger partial charge in [-0.3, -0.25) is 14.5 Å². The Morgan fingerprint density at radius 3 is 2.59 bits per heavy atom. The number of aliphatic hydroxyl groups is 1. The smallest absolute Gasteiger partial charge is 0.248 e. The van der Waals surface area contributed by atoms with E-state index in [2.05, 4.69) is 20.5 Å². The van der Waals surface area contributed by atoms with Crippen LogP contribution in [-0.2, 0) is 9.59 Å². The number of fused-ring (bicyclic) bond motifs is 1. The van der Waals surface area contributed by atoms with Crippen LogP contribution in [0.15, 0.2) is 6.20 Å². The van der Waals surface area contributed by atoms with E-state index in [4.69, 9.17) is 0 Å². The summed E-state index contributed by atoms with van der Waals surface area (Å²) in [6.07, 6.45) is 8.60. The zero-order valence-corrected chi connectivity index (χ0v) is 20.6. The van der Waals surface area contributed by atoms with Crippen molar-refractivity contribution in [2.24, 2.45) is 11.3 Å². The molecule has 2 N–H and O–H groups in total. The Bertz CT molecular complexity index is 972. The lowest BCUT2D eigenvalue weighted by Gasteiger charge is -2.43. The topological polar surface area (TPSA) is 104 Å². The van der Waals surface area contributed by atoms with Gasteiger partial charge in [0.05, 0.1) is 11.8 Å². The van der Waals surface area contributed by atoms with E-state index >= 15 is 0 Å². The molecule has 7 rings (SSSR count). The molecular weight excluding hydrogens is 432 g/mol. The highest BCUT2D eigenvalue weighted by Crippen LogP contribution is 2.54. The molecule has 3 aliphatic heterocycles. The van der Waals surface area contributed by atoms with E-state index in [0.29, 0.717) is 18.5 Å². The van der Waals surface area contributed by atoms with Gasteiger partial charge in [0.1, 0.15) is 12.1 Å². The second kappa shape index (κ2) is 7.75. The summed E-state index contributed by atoms with van der Waals surface area (Å²) >= 11 is 0. The summed E-state index contributed by atoms with van der Waals surface area (Å²) in [5.41, 5.74) is 0.628. The highest BCUT2D eigenvalue weighted by Gasteiger charge is 2.59. The summed E-state index contributed by atoms with van der Waals surface area (Å²) < 4.78 is 1.68. The number of hydrogen-bond acceptors (Lipinski definition) is 6. The second-order valence-corrected chi connectivity index (χ2v) is 12.7. The number of rotatable bonds is 7. The second-order valence-electron chi connectivity index (χ2n) is 12.7. The van der Waals surface area contributed by atoms with Crippen molar-refractivity contribution >= 4 is 11.8 Å². The third kappa shape index (κ3) is 3.85. The van der Waals surface area contributed by atoms with Gasteiger partial charge in [0.2, 0.25) is 11.8 Å². The molecule has 3 saturated carbocycles. The molecule has 0 spiro atoms. The van der Waals surface area contributed by atoms with E-state index < -0.39 is 23.6 Å². The molecule has 2 amide bonds. The first kappa shape index (κ1) is 22.5. The van der Waals surface area contributed by atoms with Crippen molar-refractivity contribution in [3.63, 3.8) is 0 Å². The van der Waals surface area contributed by atoms with Crippen LogP contribution in [0.5, 0.6) is 0 Å². The normalized spacial score (nSPS) is 34.2. The Labute approximate surface area is 201 Å². The Morgan fingerprint density at radius 2 is 1.94 bits per heavy atom. The van der Waals surface area contributed by atoms with Gasteiger partial charge >= 0.3 is 0 Å². The third-order valence-corrected chi connectivity index (χ3v) is 8.69. The molecule has 6 aliphatic rings. The average Bonchev–Trinajstić information content (AvgIpc) is 3.62. The van der Waals surface area contributed by atoms with E-state index in [1.54, 1.807) is 9.58 Å². The van der Waals surface area contributed by atoms with E-state index in [9.17, 15) is 14.7 Å². The Balaban J connectivity index is 1.17. The van der Waals surface area contributed by atoms with Crippen LogP contribution in [0.1, 0.15) is 83.4 Å². The van der Waals surface area contributed by atoms with E-state index in [1.165, 1.54) is 32.2 Å². The number of amides is 2. The quantitative estimate of drug-likeness (QED) is 0.625. The van der Waals surface area contributed by atoms with Gasteiger partial charge in [0.15, 0.2) is 0 Å². The van der Waals surface area contributed by atoms with Gasteiger partial charge in [-0.1, -0.05) is 26.0 Å². The molecule has 186 valence electrons. The Kier molecular flexibility index (Phi) is 5.12. The van der Waals surface area contributed by atoms with E-state index in [-0.39, 0.29) is 30.3 Å². The van der Waals surface area contributed by atoms with Gasteiger partial charge in [-0.25, -0.2) is 4.68 Å². The lowest BCUT2D eigenvalue weighted by Crippen LogP contribution is -2.57. The van der Waals surface area contributed by atoms with Crippen LogP contribution in [0.3, 0.4) is 0 Å². The molecule has 0 radical (unpaired) electrons. The van der Waals surface area contributed by atoms with E-state index in [1.807, 2.05) is 27.0 Å². The summed E-state index contributed by atoms with van der Waals surface area (Å²) in [6, 6.07) is -0.535. The van der Waals surface area contributed by atoms with Gasteiger partial charge in [-0.05, 0) is 49.9 Å². The van der Waals surface area contributed by atoms with Crippen molar-refractivity contribution in [3.05, 3.63) is 11.9 Å². The highest BCUT2D eigenvalue weighted by atomic mass is 16.3. The molecular formula is C25H38N6O3. The molecule has 0 aromatic carbocycles. The van der Waals surface area contributed by atoms with Crippen molar-refractivity contribution in [1.82, 2.24) is 30.1 Å². The highest BCUT2D eigenvalue weighted by molar-refractivity contribution is 5.90. The molecule has 3 aliphatic carbocycles. The summed E-state index contributed by atoms with van der Waals surface area (Å²) in [4.78, 5) is 31.4. The third-order valence-electron chi connectivity index (χ3n) is 8.69. The van der Waals surface area contributed by atoms with Gasteiger partial charge in [0, 0.05) is 49.8 Å². The van der Waals surface area contributed by atoms with Crippen molar-refractivity contribution in [2.45, 2.75) is 101 Å². The largest absolute Gasteiger partial charge is 0.391 e. The number of carbonyl (C=O) groups is 2. The molecule has 3 atom stereocenters. The van der Waals surface area contributed by atoms with Crippen LogP contribution in [0, 0.1) is 11.3 Å². The number of nitrogens with zero attached hydrogens (tertiary/aromatic N) is 5. The maximum atomic E-state index is 13.9.